The Bertz CT molecular complexity index is 288. The molecule has 0 radical (unpaired) electrons. The van der Waals surface area contributed by atoms with Gasteiger partial charge >= 0.3 is 0 Å². The molecule has 0 aliphatic rings. The third-order valence-corrected chi connectivity index (χ3v) is 2.04. The molecule has 0 fully saturated rings. The molecule has 0 aromatic carbocycles. The number of halogens is 1. The van der Waals surface area contributed by atoms with E-state index in [2.05, 4.69) is 11.9 Å². The summed E-state index contributed by atoms with van der Waals surface area (Å²) in [7, 11) is 1.97. The molecular weight excluding hydrogens is 186 g/mol. The summed E-state index contributed by atoms with van der Waals surface area (Å²) in [6, 6.07) is 1.72. The summed E-state index contributed by atoms with van der Waals surface area (Å²) >= 11 is 5.98. The van der Waals surface area contributed by atoms with Crippen LogP contribution in [0, 0.1) is 0 Å². The van der Waals surface area contributed by atoms with E-state index >= 15 is 0 Å². The van der Waals surface area contributed by atoms with Gasteiger partial charge in [0.25, 0.3) is 0 Å². The van der Waals surface area contributed by atoms with E-state index in [9.17, 15) is 0 Å². The number of nitrogen functional groups attached to an aromatic ring is 1. The van der Waals surface area contributed by atoms with E-state index in [-0.39, 0.29) is 0 Å². The zero-order valence-corrected chi connectivity index (χ0v) is 8.67. The van der Waals surface area contributed by atoms with Gasteiger partial charge in [-0.15, -0.1) is 0 Å². The number of nitrogens with two attached hydrogens (primary N) is 1. The largest absolute Gasteiger partial charge is 0.397 e. The molecule has 0 aliphatic carbocycles. The van der Waals surface area contributed by atoms with Crippen LogP contribution in [0.3, 0.4) is 0 Å². The predicted octanol–water partition coefficient (Wildman–Crippen LogP) is 2.16. The highest BCUT2D eigenvalue weighted by Crippen LogP contribution is 2.23. The number of aromatic nitrogens is 1. The Kier molecular flexibility index (Phi) is 3.37. The molecule has 0 saturated heterocycles. The lowest BCUT2D eigenvalue weighted by atomic mass is 10.3. The lowest BCUT2D eigenvalue weighted by molar-refractivity contribution is 0.838. The highest BCUT2D eigenvalue weighted by atomic mass is 35.5. The molecule has 0 aliphatic heterocycles. The van der Waals surface area contributed by atoms with Crippen molar-refractivity contribution in [1.82, 2.24) is 4.98 Å². The number of pyridine rings is 1. The minimum Gasteiger partial charge on any atom is -0.397 e. The van der Waals surface area contributed by atoms with Crippen molar-refractivity contribution in [3.8, 4) is 0 Å². The van der Waals surface area contributed by atoms with Crippen LogP contribution in [0.15, 0.2) is 12.3 Å². The molecule has 3 nitrogen and oxygen atoms in total. The average Bonchev–Trinajstić information content (AvgIpc) is 2.04. The molecular formula is C9H14ClN3. The minimum atomic E-state index is 0.596. The molecule has 1 aromatic heterocycles. The quantitative estimate of drug-likeness (QED) is 0.812. The zero-order valence-electron chi connectivity index (χ0n) is 7.92. The monoisotopic (exact) mass is 199 g/mol. The summed E-state index contributed by atoms with van der Waals surface area (Å²) in [6.07, 6.45) is 2.69. The van der Waals surface area contributed by atoms with Gasteiger partial charge in [-0.25, -0.2) is 4.98 Å². The molecule has 1 aromatic rings. The molecule has 0 saturated carbocycles. The van der Waals surface area contributed by atoms with Crippen LogP contribution in [-0.4, -0.2) is 18.6 Å². The second-order valence-electron chi connectivity index (χ2n) is 3.00. The summed E-state index contributed by atoms with van der Waals surface area (Å²) in [5.74, 6) is 0.790. The minimum absolute atomic E-state index is 0.596. The third kappa shape index (κ3) is 2.49. The molecule has 0 atom stereocenters. The first-order chi connectivity index (χ1) is 6.15. The second kappa shape index (κ2) is 4.33. The van der Waals surface area contributed by atoms with Gasteiger partial charge in [-0.1, -0.05) is 18.5 Å². The first kappa shape index (κ1) is 10.1. The maximum Gasteiger partial charge on any atom is 0.147 e. The van der Waals surface area contributed by atoms with Crippen LogP contribution in [0.5, 0.6) is 0 Å². The predicted molar refractivity (Wildman–Crippen MR) is 57.2 cm³/mol. The van der Waals surface area contributed by atoms with Gasteiger partial charge in [0, 0.05) is 13.6 Å². The van der Waals surface area contributed by atoms with Crippen molar-refractivity contribution >= 4 is 23.1 Å². The molecule has 0 amide bonds. The maximum atomic E-state index is 5.98. The molecule has 4 heteroatoms. The van der Waals surface area contributed by atoms with Crippen molar-refractivity contribution in [3.05, 3.63) is 17.3 Å². The van der Waals surface area contributed by atoms with Crippen LogP contribution in [0.1, 0.15) is 13.3 Å². The van der Waals surface area contributed by atoms with Crippen LogP contribution in [0.4, 0.5) is 11.5 Å². The third-order valence-electron chi connectivity index (χ3n) is 1.76. The van der Waals surface area contributed by atoms with Gasteiger partial charge in [0.05, 0.1) is 16.9 Å². The lowest BCUT2D eigenvalue weighted by Crippen LogP contribution is -2.19. The Balaban J connectivity index is 2.88. The van der Waals surface area contributed by atoms with E-state index in [1.54, 1.807) is 12.3 Å². The van der Waals surface area contributed by atoms with Crippen LogP contribution < -0.4 is 10.6 Å². The maximum absolute atomic E-state index is 5.98. The SMILES string of the molecule is CCCN(C)c1ncc(N)cc1Cl. The van der Waals surface area contributed by atoms with Crippen molar-refractivity contribution in [1.29, 1.82) is 0 Å². The summed E-state index contributed by atoms with van der Waals surface area (Å²) in [5, 5.41) is 0.607. The molecule has 2 N–H and O–H groups in total. The number of hydrogen-bond acceptors (Lipinski definition) is 3. The van der Waals surface area contributed by atoms with E-state index in [1.165, 1.54) is 0 Å². The fourth-order valence-electron chi connectivity index (χ4n) is 1.17. The Morgan fingerprint density at radius 2 is 2.31 bits per heavy atom. The smallest absolute Gasteiger partial charge is 0.147 e. The normalized spacial score (nSPS) is 10.1. The van der Waals surface area contributed by atoms with E-state index < -0.39 is 0 Å². The summed E-state index contributed by atoms with van der Waals surface area (Å²) in [4.78, 5) is 6.18. The number of rotatable bonds is 3. The van der Waals surface area contributed by atoms with Crippen molar-refractivity contribution in [2.45, 2.75) is 13.3 Å². The van der Waals surface area contributed by atoms with Crippen molar-refractivity contribution in [2.24, 2.45) is 0 Å². The molecule has 0 spiro atoms. The Morgan fingerprint density at radius 1 is 1.62 bits per heavy atom. The van der Waals surface area contributed by atoms with Gasteiger partial charge in [0.2, 0.25) is 0 Å². The number of nitrogens with zero attached hydrogens (tertiary/aromatic N) is 2. The molecule has 1 rings (SSSR count). The Hall–Kier alpha value is -0.960. The lowest BCUT2D eigenvalue weighted by Gasteiger charge is -2.18. The zero-order chi connectivity index (χ0) is 9.84. The Labute approximate surface area is 83.5 Å². The van der Waals surface area contributed by atoms with E-state index in [1.807, 2.05) is 11.9 Å². The van der Waals surface area contributed by atoms with Crippen LogP contribution in [0.2, 0.25) is 5.02 Å². The standard InChI is InChI=1S/C9H14ClN3/c1-3-4-13(2)9-8(10)5-7(11)6-12-9/h5-6H,3-4,11H2,1-2H3. The van der Waals surface area contributed by atoms with Gasteiger partial charge < -0.3 is 10.6 Å². The first-order valence-corrected chi connectivity index (χ1v) is 4.65. The van der Waals surface area contributed by atoms with E-state index in [0.717, 1.165) is 18.8 Å². The molecule has 72 valence electrons. The van der Waals surface area contributed by atoms with E-state index in [0.29, 0.717) is 10.7 Å². The van der Waals surface area contributed by atoms with Crippen LogP contribution in [-0.2, 0) is 0 Å². The van der Waals surface area contributed by atoms with Gasteiger partial charge in [0.15, 0.2) is 0 Å². The number of hydrogen-bond donors (Lipinski definition) is 1. The second-order valence-corrected chi connectivity index (χ2v) is 3.40. The van der Waals surface area contributed by atoms with Crippen molar-refractivity contribution in [3.63, 3.8) is 0 Å². The molecule has 1 heterocycles. The summed E-state index contributed by atoms with van der Waals surface area (Å²) < 4.78 is 0. The van der Waals surface area contributed by atoms with Gasteiger partial charge in [-0.2, -0.15) is 0 Å². The van der Waals surface area contributed by atoms with Gasteiger partial charge in [0.1, 0.15) is 5.82 Å². The van der Waals surface area contributed by atoms with Crippen molar-refractivity contribution in [2.75, 3.05) is 24.2 Å². The highest BCUT2D eigenvalue weighted by Gasteiger charge is 2.06. The summed E-state index contributed by atoms with van der Waals surface area (Å²) in [5.41, 5.74) is 6.13. The van der Waals surface area contributed by atoms with Crippen molar-refractivity contribution < 1.29 is 0 Å². The molecule has 13 heavy (non-hydrogen) atoms. The molecule has 0 unspecified atom stereocenters. The molecule has 0 bridgehead atoms. The van der Waals surface area contributed by atoms with Gasteiger partial charge in [-0.05, 0) is 12.5 Å². The average molecular weight is 200 g/mol. The fourth-order valence-corrected chi connectivity index (χ4v) is 1.49. The number of anilines is 2. The van der Waals surface area contributed by atoms with Gasteiger partial charge in [-0.3, -0.25) is 0 Å². The Morgan fingerprint density at radius 3 is 2.85 bits per heavy atom. The van der Waals surface area contributed by atoms with Crippen LogP contribution >= 0.6 is 11.6 Å². The fraction of sp³-hybridized carbons (Fsp3) is 0.444. The topological polar surface area (TPSA) is 42.2 Å². The summed E-state index contributed by atoms with van der Waals surface area (Å²) in [6.45, 7) is 3.05. The van der Waals surface area contributed by atoms with E-state index in [4.69, 9.17) is 17.3 Å². The first-order valence-electron chi connectivity index (χ1n) is 4.27. The highest BCUT2D eigenvalue weighted by molar-refractivity contribution is 6.33. The van der Waals surface area contributed by atoms with Crippen LogP contribution in [0.25, 0.3) is 0 Å².